The van der Waals surface area contributed by atoms with Gasteiger partial charge in [0.25, 0.3) is 0 Å². The summed E-state index contributed by atoms with van der Waals surface area (Å²) >= 11 is 0. The van der Waals surface area contributed by atoms with Crippen molar-refractivity contribution in [1.82, 2.24) is 10.2 Å². The van der Waals surface area contributed by atoms with Crippen LogP contribution in [0.5, 0.6) is 5.75 Å². The third kappa shape index (κ3) is 5.33. The van der Waals surface area contributed by atoms with Crippen molar-refractivity contribution in [3.8, 4) is 5.75 Å². The van der Waals surface area contributed by atoms with Crippen LogP contribution in [0.4, 0.5) is 0 Å². The number of carbonyl (C=O) groups excluding carboxylic acids is 1. The average molecular weight is 367 g/mol. The van der Waals surface area contributed by atoms with Crippen molar-refractivity contribution in [2.75, 3.05) is 26.2 Å². The first kappa shape index (κ1) is 19.4. The fourth-order valence-electron chi connectivity index (χ4n) is 3.81. The molecule has 27 heavy (non-hydrogen) atoms. The Morgan fingerprint density at radius 2 is 1.96 bits per heavy atom. The van der Waals surface area contributed by atoms with Crippen molar-refractivity contribution in [2.45, 2.75) is 39.2 Å². The van der Waals surface area contributed by atoms with Gasteiger partial charge >= 0.3 is 0 Å². The topological polar surface area (TPSA) is 41.6 Å². The zero-order valence-corrected chi connectivity index (χ0v) is 16.4. The quantitative estimate of drug-likeness (QED) is 0.771. The van der Waals surface area contributed by atoms with E-state index >= 15 is 0 Å². The fraction of sp³-hybridized carbons (Fsp3) is 0.435. The molecule has 1 amide bonds. The number of rotatable bonds is 8. The third-order valence-corrected chi connectivity index (χ3v) is 5.26. The van der Waals surface area contributed by atoms with Crippen LogP contribution < -0.4 is 10.1 Å². The van der Waals surface area contributed by atoms with Crippen LogP contribution in [-0.4, -0.2) is 37.0 Å². The van der Waals surface area contributed by atoms with Crippen LogP contribution >= 0.6 is 0 Å². The van der Waals surface area contributed by atoms with E-state index < -0.39 is 0 Å². The normalized spacial score (nSPS) is 17.0. The van der Waals surface area contributed by atoms with Gasteiger partial charge in [0.2, 0.25) is 5.91 Å². The number of carbonyl (C=O) groups is 1. The molecular weight excluding hydrogens is 336 g/mol. The van der Waals surface area contributed by atoms with Gasteiger partial charge in [-0.15, -0.1) is 0 Å². The number of nitrogens with zero attached hydrogens (tertiary/aromatic N) is 1. The molecule has 1 atom stereocenters. The van der Waals surface area contributed by atoms with Gasteiger partial charge in [-0.1, -0.05) is 36.4 Å². The summed E-state index contributed by atoms with van der Waals surface area (Å²) < 4.78 is 5.53. The molecule has 4 heteroatoms. The van der Waals surface area contributed by atoms with E-state index in [9.17, 15) is 4.79 Å². The zero-order chi connectivity index (χ0) is 19.1. The number of aryl methyl sites for hydroxylation is 1. The molecule has 2 aromatic carbocycles. The van der Waals surface area contributed by atoms with Crippen molar-refractivity contribution in [3.05, 3.63) is 65.2 Å². The highest BCUT2D eigenvalue weighted by Gasteiger charge is 2.27. The molecule has 0 aromatic heterocycles. The van der Waals surface area contributed by atoms with Crippen LogP contribution in [0.15, 0.2) is 48.5 Å². The Morgan fingerprint density at radius 1 is 1.19 bits per heavy atom. The number of amides is 1. The molecule has 144 valence electrons. The Labute approximate surface area is 162 Å². The molecule has 2 aromatic rings. The van der Waals surface area contributed by atoms with Crippen LogP contribution in [-0.2, 0) is 11.2 Å². The smallest absolute Gasteiger partial charge is 0.234 e. The standard InChI is InChI=1S/C23H30N2O2/c1-3-27-21-12-10-20(11-13-21)22-9-6-16-25(22)17-23(26)24-15-14-19-8-5-4-7-18(19)2/h4-5,7-8,10-13,22H,3,6,9,14-17H2,1-2H3,(H,24,26). The van der Waals surface area contributed by atoms with Gasteiger partial charge < -0.3 is 10.1 Å². The predicted molar refractivity (Wildman–Crippen MR) is 109 cm³/mol. The summed E-state index contributed by atoms with van der Waals surface area (Å²) in [4.78, 5) is 14.7. The number of nitrogens with one attached hydrogen (secondary N) is 1. The summed E-state index contributed by atoms with van der Waals surface area (Å²) in [6.45, 7) is 6.91. The number of ether oxygens (including phenoxy) is 1. The summed E-state index contributed by atoms with van der Waals surface area (Å²) in [5.74, 6) is 1.01. The SMILES string of the molecule is CCOc1ccc(C2CCCN2CC(=O)NCCc2ccccc2C)cc1. The highest BCUT2D eigenvalue weighted by atomic mass is 16.5. The van der Waals surface area contributed by atoms with Crippen LogP contribution in [0.1, 0.15) is 42.5 Å². The van der Waals surface area contributed by atoms with E-state index in [1.165, 1.54) is 16.7 Å². The fourth-order valence-corrected chi connectivity index (χ4v) is 3.81. The van der Waals surface area contributed by atoms with Crippen molar-refractivity contribution in [3.63, 3.8) is 0 Å². The van der Waals surface area contributed by atoms with E-state index in [-0.39, 0.29) is 5.91 Å². The molecule has 1 fully saturated rings. The monoisotopic (exact) mass is 366 g/mol. The highest BCUT2D eigenvalue weighted by molar-refractivity contribution is 5.78. The van der Waals surface area contributed by atoms with Gasteiger partial charge in [0, 0.05) is 12.6 Å². The lowest BCUT2D eigenvalue weighted by atomic mass is 10.0. The maximum atomic E-state index is 12.4. The number of benzene rings is 2. The third-order valence-electron chi connectivity index (χ3n) is 5.26. The van der Waals surface area contributed by atoms with Gasteiger partial charge in [0.15, 0.2) is 0 Å². The highest BCUT2D eigenvalue weighted by Crippen LogP contribution is 2.32. The van der Waals surface area contributed by atoms with Crippen LogP contribution in [0.3, 0.4) is 0 Å². The van der Waals surface area contributed by atoms with Crippen molar-refractivity contribution < 1.29 is 9.53 Å². The number of likely N-dealkylation sites (tertiary alicyclic amines) is 1. The Bertz CT molecular complexity index is 742. The molecule has 0 aliphatic carbocycles. The summed E-state index contributed by atoms with van der Waals surface area (Å²) in [6.07, 6.45) is 3.11. The molecule has 1 heterocycles. The van der Waals surface area contributed by atoms with Gasteiger partial charge in [0.05, 0.1) is 13.2 Å². The lowest BCUT2D eigenvalue weighted by Crippen LogP contribution is -2.37. The van der Waals surface area contributed by atoms with E-state index in [0.29, 0.717) is 25.7 Å². The summed E-state index contributed by atoms with van der Waals surface area (Å²) in [7, 11) is 0. The minimum absolute atomic E-state index is 0.112. The summed E-state index contributed by atoms with van der Waals surface area (Å²) in [6, 6.07) is 17.0. The Kier molecular flexibility index (Phi) is 6.88. The molecule has 0 saturated carbocycles. The molecule has 0 bridgehead atoms. The van der Waals surface area contributed by atoms with Crippen LogP contribution in [0, 0.1) is 6.92 Å². The van der Waals surface area contributed by atoms with Crippen LogP contribution in [0.2, 0.25) is 0 Å². The van der Waals surface area contributed by atoms with Gasteiger partial charge in [-0.3, -0.25) is 9.69 Å². The van der Waals surface area contributed by atoms with Gasteiger partial charge in [-0.25, -0.2) is 0 Å². The van der Waals surface area contributed by atoms with E-state index in [4.69, 9.17) is 4.74 Å². The lowest BCUT2D eigenvalue weighted by Gasteiger charge is -2.24. The molecule has 1 unspecified atom stereocenters. The molecule has 1 saturated heterocycles. The second kappa shape index (κ2) is 9.56. The number of hydrogen-bond acceptors (Lipinski definition) is 3. The Morgan fingerprint density at radius 3 is 2.70 bits per heavy atom. The minimum Gasteiger partial charge on any atom is -0.494 e. The van der Waals surface area contributed by atoms with E-state index in [1.807, 2.05) is 25.1 Å². The van der Waals surface area contributed by atoms with Gasteiger partial charge in [-0.2, -0.15) is 0 Å². The Hall–Kier alpha value is -2.33. The molecule has 1 N–H and O–H groups in total. The first-order chi connectivity index (χ1) is 13.2. The van der Waals surface area contributed by atoms with Crippen molar-refractivity contribution in [2.24, 2.45) is 0 Å². The largest absolute Gasteiger partial charge is 0.494 e. The van der Waals surface area contributed by atoms with Crippen molar-refractivity contribution in [1.29, 1.82) is 0 Å². The molecule has 1 aliphatic heterocycles. The molecule has 1 aliphatic rings. The predicted octanol–water partition coefficient (Wildman–Crippen LogP) is 3.89. The van der Waals surface area contributed by atoms with E-state index in [0.717, 1.165) is 31.6 Å². The van der Waals surface area contributed by atoms with Crippen LogP contribution in [0.25, 0.3) is 0 Å². The van der Waals surface area contributed by atoms with E-state index in [2.05, 4.69) is 47.5 Å². The maximum Gasteiger partial charge on any atom is 0.234 e. The van der Waals surface area contributed by atoms with Gasteiger partial charge in [0.1, 0.15) is 5.75 Å². The minimum atomic E-state index is 0.112. The van der Waals surface area contributed by atoms with Crippen molar-refractivity contribution >= 4 is 5.91 Å². The molecule has 3 rings (SSSR count). The molecule has 0 spiro atoms. The Balaban J connectivity index is 1.50. The summed E-state index contributed by atoms with van der Waals surface area (Å²) in [5, 5.41) is 3.08. The maximum absolute atomic E-state index is 12.4. The lowest BCUT2D eigenvalue weighted by molar-refractivity contribution is -0.122. The molecular formula is C23H30N2O2. The zero-order valence-electron chi connectivity index (χ0n) is 16.4. The summed E-state index contributed by atoms with van der Waals surface area (Å²) in [5.41, 5.74) is 3.84. The molecule has 0 radical (unpaired) electrons. The van der Waals surface area contributed by atoms with Gasteiger partial charge in [-0.05, 0) is 68.5 Å². The van der Waals surface area contributed by atoms with E-state index in [1.54, 1.807) is 0 Å². The number of hydrogen-bond donors (Lipinski definition) is 1. The first-order valence-electron chi connectivity index (χ1n) is 9.95. The first-order valence-corrected chi connectivity index (χ1v) is 9.95. The second-order valence-corrected chi connectivity index (χ2v) is 7.16. The average Bonchev–Trinajstić information content (AvgIpc) is 3.12. The molecule has 4 nitrogen and oxygen atoms in total. The second-order valence-electron chi connectivity index (χ2n) is 7.16.